The highest BCUT2D eigenvalue weighted by atomic mass is 16.5. The molecule has 0 saturated heterocycles. The van der Waals surface area contributed by atoms with Gasteiger partial charge in [-0.05, 0) is 12.1 Å². The largest absolute Gasteiger partial charge is 0.479 e. The summed E-state index contributed by atoms with van der Waals surface area (Å²) in [7, 11) is 0. The second kappa shape index (κ2) is 4.52. The number of pyridine rings is 1. The van der Waals surface area contributed by atoms with Crippen molar-refractivity contribution in [1.29, 1.82) is 0 Å². The molecule has 0 spiro atoms. The first kappa shape index (κ1) is 10.9. The fourth-order valence-electron chi connectivity index (χ4n) is 1.28. The molecule has 0 fully saturated rings. The van der Waals surface area contributed by atoms with Gasteiger partial charge in [0.2, 0.25) is 5.88 Å². The van der Waals surface area contributed by atoms with Crippen molar-refractivity contribution >= 4 is 5.97 Å². The van der Waals surface area contributed by atoms with Crippen molar-refractivity contribution in [2.45, 2.75) is 0 Å². The molecule has 17 heavy (non-hydrogen) atoms. The van der Waals surface area contributed by atoms with Gasteiger partial charge in [0.1, 0.15) is 5.69 Å². The Morgan fingerprint density at radius 2 is 2.12 bits per heavy atom. The van der Waals surface area contributed by atoms with Crippen molar-refractivity contribution in [2.24, 2.45) is 0 Å². The second-order valence-corrected chi connectivity index (χ2v) is 3.18. The molecule has 2 aromatic heterocycles. The average Bonchev–Trinajstić information content (AvgIpc) is 2.69. The van der Waals surface area contributed by atoms with E-state index in [0.29, 0.717) is 16.1 Å². The highest BCUT2D eigenvalue weighted by molar-refractivity contribution is 5.68. The molecule has 0 radical (unpaired) electrons. The van der Waals surface area contributed by atoms with Crippen LogP contribution in [0, 0.1) is 0 Å². The minimum absolute atomic E-state index is 0.0433. The van der Waals surface area contributed by atoms with Gasteiger partial charge in [0.25, 0.3) is 0 Å². The summed E-state index contributed by atoms with van der Waals surface area (Å²) in [5, 5.41) is 21.6. The summed E-state index contributed by atoms with van der Waals surface area (Å²) in [5.41, 5.74) is 1.09. The third kappa shape index (κ3) is 2.51. The maximum Gasteiger partial charge on any atom is 0.341 e. The third-order valence-corrected chi connectivity index (χ3v) is 1.99. The van der Waals surface area contributed by atoms with Gasteiger partial charge in [-0.15, -0.1) is 0 Å². The fraction of sp³-hybridized carbons (Fsp3) is 0.100. The Balaban J connectivity index is 2.22. The number of hydrogen-bond donors (Lipinski definition) is 2. The summed E-state index contributed by atoms with van der Waals surface area (Å²) in [6.45, 7) is -0.507. The molecule has 0 aliphatic heterocycles. The number of carboxylic acid groups (broad SMARTS) is 1. The van der Waals surface area contributed by atoms with Crippen LogP contribution in [0.5, 0.6) is 5.88 Å². The maximum absolute atomic E-state index is 10.3. The molecule has 7 nitrogen and oxygen atoms in total. The maximum atomic E-state index is 10.3. The molecule has 0 atom stereocenters. The van der Waals surface area contributed by atoms with Crippen LogP contribution < -0.4 is 4.74 Å². The van der Waals surface area contributed by atoms with Gasteiger partial charge in [0, 0.05) is 24.0 Å². The average molecular weight is 235 g/mol. The van der Waals surface area contributed by atoms with Gasteiger partial charge in [-0.3, -0.25) is 4.98 Å². The van der Waals surface area contributed by atoms with Gasteiger partial charge in [-0.1, -0.05) is 9.94 Å². The first-order valence-corrected chi connectivity index (χ1v) is 4.71. The molecule has 2 heterocycles. The summed E-state index contributed by atoms with van der Waals surface area (Å²) >= 11 is 0. The van der Waals surface area contributed by atoms with E-state index in [4.69, 9.17) is 9.84 Å². The van der Waals surface area contributed by atoms with Crippen molar-refractivity contribution in [3.8, 4) is 17.1 Å². The smallest absolute Gasteiger partial charge is 0.341 e. The van der Waals surface area contributed by atoms with Crippen LogP contribution in [0.15, 0.2) is 30.6 Å². The first-order chi connectivity index (χ1) is 8.16. The lowest BCUT2D eigenvalue weighted by molar-refractivity contribution is -0.139. The molecule has 0 amide bonds. The van der Waals surface area contributed by atoms with Gasteiger partial charge < -0.3 is 15.1 Å². The zero-order chi connectivity index (χ0) is 12.3. The van der Waals surface area contributed by atoms with Crippen LogP contribution in [-0.4, -0.2) is 37.8 Å². The van der Waals surface area contributed by atoms with E-state index < -0.39 is 12.6 Å². The molecule has 0 aliphatic carbocycles. The molecule has 2 aromatic rings. The quantitative estimate of drug-likeness (QED) is 0.755. The summed E-state index contributed by atoms with van der Waals surface area (Å²) in [4.78, 5) is 14.8. The van der Waals surface area contributed by atoms with Crippen molar-refractivity contribution in [2.75, 3.05) is 6.61 Å². The van der Waals surface area contributed by atoms with Crippen LogP contribution in [0.2, 0.25) is 0 Å². The van der Waals surface area contributed by atoms with Crippen LogP contribution >= 0.6 is 0 Å². The Morgan fingerprint density at radius 1 is 1.41 bits per heavy atom. The van der Waals surface area contributed by atoms with E-state index in [1.807, 2.05) is 0 Å². The van der Waals surface area contributed by atoms with Crippen molar-refractivity contribution < 1.29 is 19.8 Å². The Hall–Kier alpha value is -2.57. The van der Waals surface area contributed by atoms with E-state index in [1.165, 1.54) is 6.07 Å². The summed E-state index contributed by atoms with van der Waals surface area (Å²) in [5.74, 6) is -1.07. The van der Waals surface area contributed by atoms with E-state index in [0.717, 1.165) is 0 Å². The molecule has 0 aromatic carbocycles. The molecular weight excluding hydrogens is 226 g/mol. The minimum atomic E-state index is -1.11. The SMILES string of the molecule is O=C(O)COc1cc(-c2ccncc2)n(O)n1. The molecule has 2 N–H and O–H groups in total. The van der Waals surface area contributed by atoms with E-state index >= 15 is 0 Å². The standard InChI is InChI=1S/C10H9N3O4/c14-10(15)6-17-9-5-8(13(16)12-9)7-1-3-11-4-2-7/h1-5,16H,6H2,(H,14,15). The summed E-state index contributed by atoms with van der Waals surface area (Å²) in [6, 6.07) is 4.81. The first-order valence-electron chi connectivity index (χ1n) is 4.71. The van der Waals surface area contributed by atoms with Gasteiger partial charge in [-0.2, -0.15) is 0 Å². The third-order valence-electron chi connectivity index (χ3n) is 1.99. The lowest BCUT2D eigenvalue weighted by atomic mass is 10.2. The van der Waals surface area contributed by atoms with Crippen LogP contribution in [0.4, 0.5) is 0 Å². The minimum Gasteiger partial charge on any atom is -0.479 e. The Kier molecular flexibility index (Phi) is 2.91. The van der Waals surface area contributed by atoms with Crippen LogP contribution in [0.25, 0.3) is 11.3 Å². The van der Waals surface area contributed by atoms with E-state index in [9.17, 15) is 10.0 Å². The zero-order valence-electron chi connectivity index (χ0n) is 8.65. The molecule has 0 unspecified atom stereocenters. The van der Waals surface area contributed by atoms with E-state index in [2.05, 4.69) is 10.1 Å². The summed E-state index contributed by atoms with van der Waals surface area (Å²) < 4.78 is 4.84. The molecule has 7 heteroatoms. The lowest BCUT2D eigenvalue weighted by Gasteiger charge is -1.97. The monoisotopic (exact) mass is 235 g/mol. The van der Waals surface area contributed by atoms with Gasteiger partial charge in [0.05, 0.1) is 0 Å². The van der Waals surface area contributed by atoms with Gasteiger partial charge in [0.15, 0.2) is 6.61 Å². The van der Waals surface area contributed by atoms with Crippen molar-refractivity contribution in [3.63, 3.8) is 0 Å². The Bertz CT molecular complexity index is 524. The number of aromatic nitrogens is 3. The Labute approximate surface area is 95.9 Å². The molecular formula is C10H9N3O4. The highest BCUT2D eigenvalue weighted by Crippen LogP contribution is 2.21. The van der Waals surface area contributed by atoms with E-state index in [1.54, 1.807) is 24.5 Å². The van der Waals surface area contributed by atoms with Gasteiger partial charge in [-0.25, -0.2) is 4.79 Å². The number of nitrogens with zero attached hydrogens (tertiary/aromatic N) is 3. The molecule has 88 valence electrons. The van der Waals surface area contributed by atoms with Crippen LogP contribution in [0.1, 0.15) is 0 Å². The van der Waals surface area contributed by atoms with Crippen LogP contribution in [0.3, 0.4) is 0 Å². The predicted octanol–water partition coefficient (Wildman–Crippen LogP) is 0.646. The van der Waals surface area contributed by atoms with Crippen molar-refractivity contribution in [1.82, 2.24) is 14.9 Å². The number of rotatable bonds is 4. The van der Waals surface area contributed by atoms with Gasteiger partial charge >= 0.3 is 5.97 Å². The fourth-order valence-corrected chi connectivity index (χ4v) is 1.28. The molecule has 2 rings (SSSR count). The molecule has 0 saturated carbocycles. The number of carboxylic acids is 1. The summed E-state index contributed by atoms with van der Waals surface area (Å²) in [6.07, 6.45) is 3.14. The number of carbonyl (C=O) groups is 1. The predicted molar refractivity (Wildman–Crippen MR) is 55.8 cm³/mol. The normalized spacial score (nSPS) is 10.1. The number of ether oxygens (including phenoxy) is 1. The van der Waals surface area contributed by atoms with Crippen molar-refractivity contribution in [3.05, 3.63) is 30.6 Å². The van der Waals surface area contributed by atoms with E-state index in [-0.39, 0.29) is 5.88 Å². The Morgan fingerprint density at radius 3 is 2.76 bits per heavy atom. The van der Waals surface area contributed by atoms with Crippen LogP contribution in [-0.2, 0) is 4.79 Å². The topological polar surface area (TPSA) is 97.5 Å². The zero-order valence-corrected chi connectivity index (χ0v) is 8.65. The highest BCUT2D eigenvalue weighted by Gasteiger charge is 2.11. The number of hydrogen-bond acceptors (Lipinski definition) is 5. The molecule has 0 bridgehead atoms. The molecule has 0 aliphatic rings. The number of aliphatic carboxylic acids is 1. The lowest BCUT2D eigenvalue weighted by Crippen LogP contribution is -2.09. The second-order valence-electron chi connectivity index (χ2n) is 3.18.